The average Bonchev–Trinajstić information content (AvgIpc) is 3.31. The Bertz CT molecular complexity index is 998. The zero-order valence-electron chi connectivity index (χ0n) is 17.4. The number of nitrogens with zero attached hydrogens (tertiary/aromatic N) is 5. The van der Waals surface area contributed by atoms with Crippen molar-refractivity contribution in [2.24, 2.45) is 0 Å². The normalized spacial score (nSPS) is 21.2. The van der Waals surface area contributed by atoms with Crippen molar-refractivity contribution >= 4 is 27.0 Å². The van der Waals surface area contributed by atoms with Gasteiger partial charge in [0.1, 0.15) is 11.6 Å². The molecule has 0 saturated carbocycles. The molecule has 0 bridgehead atoms. The SMILES string of the molecule is COCCn1nnc2cc(S(=O)(=O)N3CCCC3C(=O)N3CCCCCC3)ccc21. The lowest BCUT2D eigenvalue weighted by molar-refractivity contribution is -0.134. The standard InChI is InChI=1S/C20H29N5O4S/c1-29-14-13-24-18-9-8-16(15-17(18)21-22-24)30(27,28)25-12-6-7-19(25)20(26)23-10-4-2-3-5-11-23/h8-9,15,19H,2-7,10-14H2,1H3. The Kier molecular flexibility index (Phi) is 6.35. The first-order valence-electron chi connectivity index (χ1n) is 10.6. The average molecular weight is 436 g/mol. The van der Waals surface area contributed by atoms with Gasteiger partial charge in [0.15, 0.2) is 0 Å². The van der Waals surface area contributed by atoms with E-state index in [9.17, 15) is 13.2 Å². The molecule has 30 heavy (non-hydrogen) atoms. The summed E-state index contributed by atoms with van der Waals surface area (Å²) in [5, 5.41) is 8.19. The molecule has 0 aliphatic carbocycles. The molecule has 1 aromatic carbocycles. The van der Waals surface area contributed by atoms with E-state index in [0.717, 1.165) is 44.3 Å². The van der Waals surface area contributed by atoms with Crippen LogP contribution in [0.2, 0.25) is 0 Å². The maximum absolute atomic E-state index is 13.4. The van der Waals surface area contributed by atoms with E-state index in [0.29, 0.717) is 38.1 Å². The van der Waals surface area contributed by atoms with Crippen LogP contribution in [0.5, 0.6) is 0 Å². The Labute approximate surface area is 177 Å². The molecular formula is C20H29N5O4S. The monoisotopic (exact) mass is 435 g/mol. The summed E-state index contributed by atoms with van der Waals surface area (Å²) in [5.74, 6) is -0.0513. The quantitative estimate of drug-likeness (QED) is 0.684. The number of ether oxygens (including phenoxy) is 1. The largest absolute Gasteiger partial charge is 0.383 e. The number of likely N-dealkylation sites (tertiary alicyclic amines) is 1. The van der Waals surface area contributed by atoms with Crippen molar-refractivity contribution in [2.45, 2.75) is 56.0 Å². The number of rotatable bonds is 6. The number of carbonyl (C=O) groups excluding carboxylic acids is 1. The molecule has 2 aromatic rings. The van der Waals surface area contributed by atoms with Crippen molar-refractivity contribution in [3.05, 3.63) is 18.2 Å². The summed E-state index contributed by atoms with van der Waals surface area (Å²) in [4.78, 5) is 15.2. The maximum Gasteiger partial charge on any atom is 0.243 e. The molecule has 1 aromatic heterocycles. The fourth-order valence-electron chi connectivity index (χ4n) is 4.37. The van der Waals surface area contributed by atoms with E-state index in [1.54, 1.807) is 30.0 Å². The van der Waals surface area contributed by atoms with Crippen LogP contribution in [0, 0.1) is 0 Å². The van der Waals surface area contributed by atoms with E-state index in [1.165, 1.54) is 4.31 Å². The number of aromatic nitrogens is 3. The van der Waals surface area contributed by atoms with E-state index >= 15 is 0 Å². The minimum atomic E-state index is -3.80. The minimum absolute atomic E-state index is 0.0513. The van der Waals surface area contributed by atoms with Crippen molar-refractivity contribution in [3.63, 3.8) is 0 Å². The Balaban J connectivity index is 1.58. The van der Waals surface area contributed by atoms with Crippen molar-refractivity contribution < 1.29 is 17.9 Å². The second-order valence-corrected chi connectivity index (χ2v) is 9.86. The molecule has 2 aliphatic rings. The molecule has 0 N–H and O–H groups in total. The summed E-state index contributed by atoms with van der Waals surface area (Å²) < 4.78 is 35.0. The molecule has 10 heteroatoms. The van der Waals surface area contributed by atoms with Crippen molar-refractivity contribution in [1.29, 1.82) is 0 Å². The zero-order chi connectivity index (χ0) is 21.1. The van der Waals surface area contributed by atoms with Gasteiger partial charge < -0.3 is 9.64 Å². The molecule has 0 radical (unpaired) electrons. The van der Waals surface area contributed by atoms with Crippen LogP contribution in [0.1, 0.15) is 38.5 Å². The molecule has 2 fully saturated rings. The van der Waals surface area contributed by atoms with E-state index in [4.69, 9.17) is 4.74 Å². The van der Waals surface area contributed by atoms with E-state index in [1.807, 2.05) is 4.90 Å². The smallest absolute Gasteiger partial charge is 0.243 e. The van der Waals surface area contributed by atoms with E-state index in [-0.39, 0.29) is 10.8 Å². The van der Waals surface area contributed by atoms with Crippen LogP contribution in [0.3, 0.4) is 0 Å². The van der Waals surface area contributed by atoms with Gasteiger partial charge in [-0.25, -0.2) is 13.1 Å². The lowest BCUT2D eigenvalue weighted by atomic mass is 10.2. The van der Waals surface area contributed by atoms with Gasteiger partial charge in [0.2, 0.25) is 15.9 Å². The Hall–Kier alpha value is -2.04. The highest BCUT2D eigenvalue weighted by Gasteiger charge is 2.41. The number of carbonyl (C=O) groups is 1. The molecular weight excluding hydrogens is 406 g/mol. The number of sulfonamides is 1. The van der Waals surface area contributed by atoms with Crippen LogP contribution in [-0.4, -0.2) is 77.9 Å². The van der Waals surface area contributed by atoms with Crippen LogP contribution in [0.4, 0.5) is 0 Å². The van der Waals surface area contributed by atoms with Crippen molar-refractivity contribution in [3.8, 4) is 0 Å². The predicted molar refractivity (Wildman–Crippen MR) is 111 cm³/mol. The maximum atomic E-state index is 13.4. The lowest BCUT2D eigenvalue weighted by Crippen LogP contribution is -2.48. The number of fused-ring (bicyclic) bond motifs is 1. The van der Waals surface area contributed by atoms with Gasteiger partial charge in [-0.2, -0.15) is 4.31 Å². The van der Waals surface area contributed by atoms with Crippen LogP contribution >= 0.6 is 0 Å². The zero-order valence-corrected chi connectivity index (χ0v) is 18.2. The fraction of sp³-hybridized carbons (Fsp3) is 0.650. The summed E-state index contributed by atoms with van der Waals surface area (Å²) in [6.07, 6.45) is 5.49. The number of hydrogen-bond donors (Lipinski definition) is 0. The molecule has 9 nitrogen and oxygen atoms in total. The highest BCUT2D eigenvalue weighted by Crippen LogP contribution is 2.29. The Morgan fingerprint density at radius 3 is 2.63 bits per heavy atom. The van der Waals surface area contributed by atoms with Crippen LogP contribution < -0.4 is 0 Å². The first-order valence-corrected chi connectivity index (χ1v) is 12.1. The van der Waals surface area contributed by atoms with Gasteiger partial charge in [-0.05, 0) is 43.9 Å². The first kappa shape index (κ1) is 21.2. The molecule has 4 rings (SSSR count). The fourth-order valence-corrected chi connectivity index (χ4v) is 6.04. The summed E-state index contributed by atoms with van der Waals surface area (Å²) >= 11 is 0. The van der Waals surface area contributed by atoms with Gasteiger partial charge in [-0.15, -0.1) is 5.10 Å². The molecule has 1 amide bonds. The highest BCUT2D eigenvalue weighted by molar-refractivity contribution is 7.89. The summed E-state index contributed by atoms with van der Waals surface area (Å²) in [6, 6.07) is 4.24. The number of benzene rings is 1. The van der Waals surface area contributed by atoms with Crippen molar-refractivity contribution in [1.82, 2.24) is 24.2 Å². The van der Waals surface area contributed by atoms with Crippen molar-refractivity contribution in [2.75, 3.05) is 33.4 Å². The molecule has 164 valence electrons. The molecule has 0 spiro atoms. The predicted octanol–water partition coefficient (Wildman–Crippen LogP) is 1.63. The number of hydrogen-bond acceptors (Lipinski definition) is 6. The summed E-state index contributed by atoms with van der Waals surface area (Å²) in [5.41, 5.74) is 1.27. The molecule has 3 heterocycles. The van der Waals surface area contributed by atoms with E-state index in [2.05, 4.69) is 10.3 Å². The number of amides is 1. The van der Waals surface area contributed by atoms with Gasteiger partial charge in [0.05, 0.1) is 23.6 Å². The molecule has 1 unspecified atom stereocenters. The second kappa shape index (κ2) is 8.99. The van der Waals surface area contributed by atoms with Gasteiger partial charge >= 0.3 is 0 Å². The second-order valence-electron chi connectivity index (χ2n) is 7.97. The van der Waals surface area contributed by atoms with Gasteiger partial charge in [0.25, 0.3) is 0 Å². The third kappa shape index (κ3) is 4.08. The molecule has 2 saturated heterocycles. The minimum Gasteiger partial charge on any atom is -0.383 e. The van der Waals surface area contributed by atoms with Crippen LogP contribution in [0.25, 0.3) is 11.0 Å². The van der Waals surface area contributed by atoms with Gasteiger partial charge in [-0.3, -0.25) is 4.79 Å². The molecule has 1 atom stereocenters. The van der Waals surface area contributed by atoms with Crippen LogP contribution in [0.15, 0.2) is 23.1 Å². The Morgan fingerprint density at radius 2 is 1.90 bits per heavy atom. The van der Waals surface area contributed by atoms with Gasteiger partial charge in [0, 0.05) is 26.7 Å². The molecule has 2 aliphatic heterocycles. The lowest BCUT2D eigenvalue weighted by Gasteiger charge is -2.29. The van der Waals surface area contributed by atoms with E-state index < -0.39 is 16.1 Å². The topological polar surface area (TPSA) is 97.6 Å². The van der Waals surface area contributed by atoms with Gasteiger partial charge in [-0.1, -0.05) is 18.1 Å². The third-order valence-electron chi connectivity index (χ3n) is 6.01. The summed E-state index contributed by atoms with van der Waals surface area (Å²) in [6.45, 7) is 2.84. The first-order chi connectivity index (χ1) is 14.5. The van der Waals surface area contributed by atoms with Crippen LogP contribution in [-0.2, 0) is 26.1 Å². The number of methoxy groups -OCH3 is 1. The highest BCUT2D eigenvalue weighted by atomic mass is 32.2. The summed E-state index contributed by atoms with van der Waals surface area (Å²) in [7, 11) is -2.18. The third-order valence-corrected chi connectivity index (χ3v) is 7.91. The Morgan fingerprint density at radius 1 is 1.13 bits per heavy atom.